The van der Waals surface area contributed by atoms with E-state index < -0.39 is 37.9 Å². The largest absolute Gasteiger partial charge is 0.505 e. The van der Waals surface area contributed by atoms with Crippen LogP contribution in [0.15, 0.2) is 34.1 Å². The number of benzene rings is 1. The molecule has 3 aromatic rings. The Morgan fingerprint density at radius 3 is 2.45 bits per heavy atom. The van der Waals surface area contributed by atoms with Crippen molar-refractivity contribution in [2.24, 2.45) is 0 Å². The number of amides is 1. The molecule has 0 bridgehead atoms. The van der Waals surface area contributed by atoms with Crippen molar-refractivity contribution in [2.45, 2.75) is 18.1 Å². The Morgan fingerprint density at radius 1 is 1.17 bits per heavy atom. The molecule has 1 aliphatic rings. The van der Waals surface area contributed by atoms with E-state index in [-0.39, 0.29) is 36.2 Å². The van der Waals surface area contributed by atoms with E-state index in [1.807, 2.05) is 0 Å². The minimum atomic E-state index is -3.91. The Bertz CT molecular complexity index is 1330. The summed E-state index contributed by atoms with van der Waals surface area (Å²) >= 11 is 0. The van der Waals surface area contributed by atoms with Gasteiger partial charge < -0.3 is 14.6 Å². The minimum Gasteiger partial charge on any atom is -0.505 e. The van der Waals surface area contributed by atoms with Gasteiger partial charge in [-0.25, -0.2) is 17.5 Å². The number of fused-ring (bicyclic) bond motifs is 3. The Labute approximate surface area is 164 Å². The average Bonchev–Trinajstić information content (AvgIpc) is 2.95. The van der Waals surface area contributed by atoms with Gasteiger partial charge in [-0.3, -0.25) is 9.59 Å². The number of aromatic hydroxyl groups is 1. The topological polar surface area (TPSA) is 114 Å². The zero-order chi connectivity index (χ0) is 21.1. The lowest BCUT2D eigenvalue weighted by Crippen LogP contribution is -2.37. The molecule has 4 rings (SSSR count). The number of carbonyl (C=O) groups is 1. The fourth-order valence-corrected chi connectivity index (χ4v) is 4.26. The number of halogens is 1. The molecule has 0 aliphatic carbocycles. The number of nitrogens with zero attached hydrogens (tertiary/aromatic N) is 4. The van der Waals surface area contributed by atoms with Crippen LogP contribution in [0.3, 0.4) is 0 Å². The van der Waals surface area contributed by atoms with Gasteiger partial charge in [-0.2, -0.15) is 5.10 Å². The highest BCUT2D eigenvalue weighted by Gasteiger charge is 2.34. The minimum absolute atomic E-state index is 0.0817. The van der Waals surface area contributed by atoms with Gasteiger partial charge in [-0.1, -0.05) is 12.1 Å². The van der Waals surface area contributed by atoms with Crippen molar-refractivity contribution in [3.05, 3.63) is 51.7 Å². The molecule has 9 nitrogen and oxygen atoms in total. The fourth-order valence-electron chi connectivity index (χ4n) is 3.45. The van der Waals surface area contributed by atoms with Crippen LogP contribution in [0, 0.1) is 5.82 Å². The van der Waals surface area contributed by atoms with Crippen molar-refractivity contribution in [3.63, 3.8) is 0 Å². The summed E-state index contributed by atoms with van der Waals surface area (Å²) in [5.41, 5.74) is -0.454. The number of sulfone groups is 1. The van der Waals surface area contributed by atoms with Gasteiger partial charge in [0.15, 0.2) is 26.3 Å². The van der Waals surface area contributed by atoms with Crippen LogP contribution in [0.1, 0.15) is 16.1 Å². The van der Waals surface area contributed by atoms with E-state index in [9.17, 15) is 27.5 Å². The second kappa shape index (κ2) is 6.41. The molecule has 1 aliphatic heterocycles. The van der Waals surface area contributed by atoms with E-state index in [0.717, 1.165) is 10.9 Å². The molecule has 2 aromatic heterocycles. The normalized spacial score (nSPS) is 14.4. The zero-order valence-electron chi connectivity index (χ0n) is 15.6. The van der Waals surface area contributed by atoms with Crippen LogP contribution in [0.4, 0.5) is 4.39 Å². The lowest BCUT2D eigenvalue weighted by molar-refractivity contribution is 0.0747. The lowest BCUT2D eigenvalue weighted by atomic mass is 10.2. The summed E-state index contributed by atoms with van der Waals surface area (Å²) in [4.78, 5) is 26.9. The molecule has 0 spiro atoms. The number of hydrogen-bond donors (Lipinski definition) is 1. The summed E-state index contributed by atoms with van der Waals surface area (Å²) < 4.78 is 40.2. The van der Waals surface area contributed by atoms with Gasteiger partial charge in [-0.15, -0.1) is 0 Å². The lowest BCUT2D eigenvalue weighted by Gasteiger charge is -2.25. The highest BCUT2D eigenvalue weighted by Crippen LogP contribution is 2.35. The third kappa shape index (κ3) is 2.97. The van der Waals surface area contributed by atoms with Gasteiger partial charge in [0.2, 0.25) is 0 Å². The van der Waals surface area contributed by atoms with Crippen molar-refractivity contribution in [3.8, 4) is 5.75 Å². The van der Waals surface area contributed by atoms with Crippen LogP contribution < -0.4 is 5.56 Å². The first-order valence-corrected chi connectivity index (χ1v) is 10.5. The molecule has 152 valence electrons. The van der Waals surface area contributed by atoms with E-state index in [0.29, 0.717) is 5.56 Å². The maximum atomic E-state index is 13.2. The molecule has 0 unspecified atom stereocenters. The highest BCUT2D eigenvalue weighted by molar-refractivity contribution is 7.90. The molecule has 3 heterocycles. The molecule has 11 heteroatoms. The summed E-state index contributed by atoms with van der Waals surface area (Å²) in [6, 6.07) is 5.30. The van der Waals surface area contributed by atoms with Crippen LogP contribution in [0.25, 0.3) is 10.9 Å². The van der Waals surface area contributed by atoms with Gasteiger partial charge in [0, 0.05) is 26.4 Å². The third-order valence-electron chi connectivity index (χ3n) is 4.91. The van der Waals surface area contributed by atoms with E-state index >= 15 is 0 Å². The Kier molecular flexibility index (Phi) is 4.23. The van der Waals surface area contributed by atoms with Crippen molar-refractivity contribution >= 4 is 26.6 Å². The van der Waals surface area contributed by atoms with E-state index in [1.54, 1.807) is 7.05 Å². The van der Waals surface area contributed by atoms with Gasteiger partial charge in [0.25, 0.3) is 11.5 Å². The maximum Gasteiger partial charge on any atom is 0.280 e. The van der Waals surface area contributed by atoms with Crippen LogP contribution in [-0.4, -0.2) is 58.5 Å². The number of carbonyl (C=O) groups excluding carboxylic acids is 1. The summed E-state index contributed by atoms with van der Waals surface area (Å²) in [6.07, 6.45) is 0.940. The standard InChI is InChI=1S/C18H17FN4O5S/c1-21-7-8-22-13-12(15(24)14(22)18(21)26)17(25)23(20-16(13)29(2,27)28)9-10-3-5-11(19)6-4-10/h3-6,24H,7-9H2,1-2H3. The molecule has 1 aromatic carbocycles. The molecule has 1 amide bonds. The van der Waals surface area contributed by atoms with Crippen molar-refractivity contribution < 1.29 is 22.7 Å². The van der Waals surface area contributed by atoms with E-state index in [1.165, 1.54) is 33.7 Å². The van der Waals surface area contributed by atoms with Crippen LogP contribution >= 0.6 is 0 Å². The van der Waals surface area contributed by atoms with Crippen molar-refractivity contribution in [1.82, 2.24) is 19.2 Å². The monoisotopic (exact) mass is 420 g/mol. The summed E-state index contributed by atoms with van der Waals surface area (Å²) in [5.74, 6) is -1.54. The quantitative estimate of drug-likeness (QED) is 0.663. The SMILES string of the molecule is CN1CCn2c(c(O)c3c(=O)n(Cc4ccc(F)cc4)nc(S(C)(=O)=O)c32)C1=O. The molecule has 29 heavy (non-hydrogen) atoms. The summed E-state index contributed by atoms with van der Waals surface area (Å²) in [6.45, 7) is 0.364. The summed E-state index contributed by atoms with van der Waals surface area (Å²) in [5, 5.41) is 14.0. The molecule has 0 radical (unpaired) electrons. The Hall–Kier alpha value is -3.21. The first kappa shape index (κ1) is 19.1. The predicted octanol–water partition coefficient (Wildman–Crippen LogP) is 0.580. The second-order valence-corrected chi connectivity index (χ2v) is 8.90. The Morgan fingerprint density at radius 2 is 1.83 bits per heavy atom. The first-order valence-electron chi connectivity index (χ1n) is 8.66. The third-order valence-corrected chi connectivity index (χ3v) is 5.88. The number of aromatic nitrogens is 3. The van der Waals surface area contributed by atoms with Crippen LogP contribution in [0.2, 0.25) is 0 Å². The molecule has 1 N–H and O–H groups in total. The number of hydrogen-bond acceptors (Lipinski definition) is 6. The fraction of sp³-hybridized carbons (Fsp3) is 0.278. The van der Waals surface area contributed by atoms with Crippen molar-refractivity contribution in [1.29, 1.82) is 0 Å². The molecular formula is C18H17FN4O5S. The molecular weight excluding hydrogens is 403 g/mol. The van der Waals surface area contributed by atoms with Crippen LogP contribution in [-0.2, 0) is 22.9 Å². The van der Waals surface area contributed by atoms with Gasteiger partial charge in [-0.05, 0) is 17.7 Å². The number of rotatable bonds is 3. The van der Waals surface area contributed by atoms with Gasteiger partial charge in [0.05, 0.1) is 12.1 Å². The molecule has 0 fully saturated rings. The van der Waals surface area contributed by atoms with Crippen LogP contribution in [0.5, 0.6) is 5.75 Å². The van der Waals surface area contributed by atoms with Crippen molar-refractivity contribution in [2.75, 3.05) is 19.8 Å². The number of likely N-dealkylation sites (N-methyl/N-ethyl adjacent to an activating group) is 1. The molecule has 0 saturated carbocycles. The average molecular weight is 420 g/mol. The molecule has 0 saturated heterocycles. The smallest absolute Gasteiger partial charge is 0.280 e. The highest BCUT2D eigenvalue weighted by atomic mass is 32.2. The van der Waals surface area contributed by atoms with E-state index in [4.69, 9.17) is 0 Å². The Balaban J connectivity index is 2.05. The van der Waals surface area contributed by atoms with E-state index in [2.05, 4.69) is 5.10 Å². The zero-order valence-corrected chi connectivity index (χ0v) is 16.4. The maximum absolute atomic E-state index is 13.2. The van der Waals surface area contributed by atoms with Gasteiger partial charge >= 0.3 is 0 Å². The van der Waals surface area contributed by atoms with Gasteiger partial charge in [0.1, 0.15) is 11.2 Å². The first-order chi connectivity index (χ1) is 13.6. The predicted molar refractivity (Wildman–Crippen MR) is 101 cm³/mol. The second-order valence-electron chi connectivity index (χ2n) is 6.97. The molecule has 0 atom stereocenters. The summed E-state index contributed by atoms with van der Waals surface area (Å²) in [7, 11) is -2.36.